The van der Waals surface area contributed by atoms with Gasteiger partial charge in [-0.1, -0.05) is 12.1 Å². The minimum atomic E-state index is -0.326. The zero-order chi connectivity index (χ0) is 15.1. The van der Waals surface area contributed by atoms with Crippen LogP contribution in [0.4, 0.5) is 4.39 Å². The van der Waals surface area contributed by atoms with Crippen LogP contribution in [0.15, 0.2) is 40.8 Å². The molecule has 6 heteroatoms. The van der Waals surface area contributed by atoms with E-state index in [1.807, 2.05) is 0 Å². The minimum Gasteiger partial charge on any atom is -0.451 e. The van der Waals surface area contributed by atoms with Gasteiger partial charge in [-0.15, -0.1) is 12.4 Å². The average molecular weight is 337 g/mol. The van der Waals surface area contributed by atoms with E-state index in [1.54, 1.807) is 24.3 Å². The maximum Gasteiger partial charge on any atom is 0.287 e. The van der Waals surface area contributed by atoms with Crippen molar-refractivity contribution < 1.29 is 13.6 Å². The molecule has 4 rings (SSSR count). The van der Waals surface area contributed by atoms with Crippen LogP contribution in [0.3, 0.4) is 0 Å². The fourth-order valence-corrected chi connectivity index (χ4v) is 3.48. The fourth-order valence-electron chi connectivity index (χ4n) is 3.48. The number of nitrogens with one attached hydrogen (secondary N) is 2. The Balaban J connectivity index is 0.00000156. The van der Waals surface area contributed by atoms with Crippen molar-refractivity contribution in [1.29, 1.82) is 0 Å². The predicted octanol–water partition coefficient (Wildman–Crippen LogP) is 3.13. The van der Waals surface area contributed by atoms with E-state index >= 15 is 0 Å². The number of hydrogen-bond acceptors (Lipinski definition) is 3. The highest BCUT2D eigenvalue weighted by atomic mass is 35.5. The number of fused-ring (bicyclic) bond motifs is 2. The Kier molecular flexibility index (Phi) is 4.41. The van der Waals surface area contributed by atoms with Gasteiger partial charge in [-0.2, -0.15) is 0 Å². The van der Waals surface area contributed by atoms with Gasteiger partial charge in [0.05, 0.1) is 0 Å². The maximum absolute atomic E-state index is 13.2. The molecule has 0 radical (unpaired) electrons. The lowest BCUT2D eigenvalue weighted by molar-refractivity contribution is 0.0903. The number of benzene rings is 1. The molecule has 0 unspecified atom stereocenters. The smallest absolute Gasteiger partial charge is 0.287 e. The van der Waals surface area contributed by atoms with Crippen LogP contribution in [-0.2, 0) is 0 Å². The van der Waals surface area contributed by atoms with Crippen LogP contribution in [0.2, 0.25) is 0 Å². The molecule has 2 aromatic rings. The molecule has 122 valence electrons. The Hall–Kier alpha value is -1.85. The van der Waals surface area contributed by atoms with Gasteiger partial charge in [0.25, 0.3) is 5.91 Å². The van der Waals surface area contributed by atoms with Crippen molar-refractivity contribution in [2.24, 2.45) is 0 Å². The van der Waals surface area contributed by atoms with Crippen LogP contribution in [0.5, 0.6) is 0 Å². The lowest BCUT2D eigenvalue weighted by atomic mass is 9.95. The summed E-state index contributed by atoms with van der Waals surface area (Å²) < 4.78 is 18.8. The third kappa shape index (κ3) is 3.12. The summed E-state index contributed by atoms with van der Waals surface area (Å²) in [6, 6.07) is 10.6. The van der Waals surface area contributed by atoms with Gasteiger partial charge in [-0.05, 0) is 43.5 Å². The molecule has 1 aromatic heterocycles. The highest BCUT2D eigenvalue weighted by Gasteiger charge is 2.39. The molecule has 2 aliphatic heterocycles. The normalized spacial score (nSPS) is 25.2. The number of carbonyl (C=O) groups is 1. The Morgan fingerprint density at radius 1 is 1.26 bits per heavy atom. The van der Waals surface area contributed by atoms with E-state index in [4.69, 9.17) is 4.42 Å². The number of amides is 1. The van der Waals surface area contributed by atoms with Crippen molar-refractivity contribution in [1.82, 2.24) is 10.6 Å². The summed E-state index contributed by atoms with van der Waals surface area (Å²) in [7, 11) is 0. The monoisotopic (exact) mass is 336 g/mol. The van der Waals surface area contributed by atoms with Gasteiger partial charge >= 0.3 is 0 Å². The average Bonchev–Trinajstić information content (AvgIpc) is 3.23. The second-order valence-corrected chi connectivity index (χ2v) is 6.04. The number of rotatable bonds is 3. The van der Waals surface area contributed by atoms with Gasteiger partial charge in [-0.25, -0.2) is 4.39 Å². The largest absolute Gasteiger partial charge is 0.451 e. The molecule has 2 fully saturated rings. The molecule has 2 aliphatic rings. The zero-order valence-corrected chi connectivity index (χ0v) is 13.2. The van der Waals surface area contributed by atoms with Crippen molar-refractivity contribution in [3.63, 3.8) is 0 Å². The molecular weight excluding hydrogens is 319 g/mol. The van der Waals surface area contributed by atoms with Crippen LogP contribution in [0.1, 0.15) is 29.8 Å². The van der Waals surface area contributed by atoms with E-state index in [1.165, 1.54) is 18.6 Å². The van der Waals surface area contributed by atoms with Gasteiger partial charge < -0.3 is 15.1 Å². The lowest BCUT2D eigenvalue weighted by Gasteiger charge is -2.20. The standard InChI is InChI=1S/C17H17FN2O2.ClH/c18-11-3-1-2-10(8-11)15-6-7-16(22-15)17(21)20-14-9-12-4-5-13(14)19-12;/h1-3,6-8,12-14,19H,4-5,9H2,(H,20,21);1H/t12-,13+,14-;/m1./s1. The Bertz CT molecular complexity index is 718. The van der Waals surface area contributed by atoms with E-state index in [0.29, 0.717) is 23.4 Å². The summed E-state index contributed by atoms with van der Waals surface area (Å²) >= 11 is 0. The predicted molar refractivity (Wildman–Crippen MR) is 87.2 cm³/mol. The van der Waals surface area contributed by atoms with Crippen molar-refractivity contribution >= 4 is 18.3 Å². The first-order chi connectivity index (χ1) is 10.7. The second-order valence-electron chi connectivity index (χ2n) is 6.04. The summed E-state index contributed by atoms with van der Waals surface area (Å²) in [5, 5.41) is 6.52. The first-order valence-electron chi connectivity index (χ1n) is 7.62. The summed E-state index contributed by atoms with van der Waals surface area (Å²) in [4.78, 5) is 12.3. The van der Waals surface area contributed by atoms with Gasteiger partial charge in [0.2, 0.25) is 0 Å². The minimum absolute atomic E-state index is 0. The van der Waals surface area contributed by atoms with Crippen LogP contribution in [-0.4, -0.2) is 24.0 Å². The molecule has 4 nitrogen and oxygen atoms in total. The van der Waals surface area contributed by atoms with E-state index in [2.05, 4.69) is 10.6 Å². The highest BCUT2D eigenvalue weighted by molar-refractivity contribution is 5.92. The molecule has 1 amide bonds. The van der Waals surface area contributed by atoms with Crippen molar-refractivity contribution in [3.8, 4) is 11.3 Å². The van der Waals surface area contributed by atoms with Gasteiger partial charge in [0.1, 0.15) is 11.6 Å². The van der Waals surface area contributed by atoms with Gasteiger partial charge in [-0.3, -0.25) is 4.79 Å². The quantitative estimate of drug-likeness (QED) is 0.905. The van der Waals surface area contributed by atoms with Gasteiger partial charge in [0.15, 0.2) is 5.76 Å². The zero-order valence-electron chi connectivity index (χ0n) is 12.4. The summed E-state index contributed by atoms with van der Waals surface area (Å²) in [5.74, 6) is 0.229. The summed E-state index contributed by atoms with van der Waals surface area (Å²) in [5.41, 5.74) is 0.626. The van der Waals surface area contributed by atoms with Crippen LogP contribution >= 0.6 is 12.4 Å². The number of furan rings is 1. The number of hydrogen-bond donors (Lipinski definition) is 2. The van der Waals surface area contributed by atoms with Crippen molar-refractivity contribution in [2.45, 2.75) is 37.4 Å². The maximum atomic E-state index is 13.2. The van der Waals surface area contributed by atoms with E-state index in [-0.39, 0.29) is 35.9 Å². The first kappa shape index (κ1) is 16.0. The van der Waals surface area contributed by atoms with Crippen molar-refractivity contribution in [3.05, 3.63) is 48.0 Å². The van der Waals surface area contributed by atoms with E-state index < -0.39 is 0 Å². The molecule has 3 atom stereocenters. The Labute approximate surface area is 139 Å². The number of halogens is 2. The lowest BCUT2D eigenvalue weighted by Crippen LogP contribution is -2.42. The summed E-state index contributed by atoms with van der Waals surface area (Å²) in [6.45, 7) is 0. The van der Waals surface area contributed by atoms with Crippen LogP contribution in [0, 0.1) is 5.82 Å². The number of carbonyl (C=O) groups excluding carboxylic acids is 1. The highest BCUT2D eigenvalue weighted by Crippen LogP contribution is 2.29. The topological polar surface area (TPSA) is 54.3 Å². The molecule has 3 heterocycles. The molecule has 23 heavy (non-hydrogen) atoms. The van der Waals surface area contributed by atoms with Crippen LogP contribution in [0.25, 0.3) is 11.3 Å². The molecule has 2 N–H and O–H groups in total. The Morgan fingerprint density at radius 2 is 2.13 bits per heavy atom. The third-order valence-corrected chi connectivity index (χ3v) is 4.56. The molecule has 0 saturated carbocycles. The fraction of sp³-hybridized carbons (Fsp3) is 0.353. The SMILES string of the molecule is Cl.O=C(N[C@@H]1C[C@H]2CC[C@@H]1N2)c1ccc(-c2cccc(F)c2)o1. The molecule has 2 saturated heterocycles. The van der Waals surface area contributed by atoms with Crippen LogP contribution < -0.4 is 10.6 Å². The van der Waals surface area contributed by atoms with Crippen molar-refractivity contribution in [2.75, 3.05) is 0 Å². The molecule has 2 bridgehead atoms. The molecule has 1 aromatic carbocycles. The van der Waals surface area contributed by atoms with E-state index in [0.717, 1.165) is 12.8 Å². The second kappa shape index (κ2) is 6.34. The summed E-state index contributed by atoms with van der Waals surface area (Å²) in [6.07, 6.45) is 3.29. The van der Waals surface area contributed by atoms with E-state index in [9.17, 15) is 9.18 Å². The first-order valence-corrected chi connectivity index (χ1v) is 7.62. The van der Waals surface area contributed by atoms with Gasteiger partial charge in [0, 0.05) is 23.7 Å². The third-order valence-electron chi connectivity index (χ3n) is 4.56. The molecule has 0 aliphatic carbocycles. The molecule has 0 spiro atoms. The Morgan fingerprint density at radius 3 is 2.83 bits per heavy atom. The molecular formula is C17H18ClFN2O2.